The van der Waals surface area contributed by atoms with Crippen molar-refractivity contribution in [1.29, 1.82) is 0 Å². The first-order valence-corrected chi connectivity index (χ1v) is 10.1. The quantitative estimate of drug-likeness (QED) is 0.373. The van der Waals surface area contributed by atoms with Crippen LogP contribution in [0.2, 0.25) is 0 Å². The molecule has 8 heteroatoms. The van der Waals surface area contributed by atoms with Crippen molar-refractivity contribution >= 4 is 40.0 Å². The number of piperidine rings is 1. The van der Waals surface area contributed by atoms with Gasteiger partial charge in [0.2, 0.25) is 10.0 Å². The van der Waals surface area contributed by atoms with Crippen LogP contribution in [0.15, 0.2) is 34.2 Å². The Morgan fingerprint density at radius 1 is 1.12 bits per heavy atom. The summed E-state index contributed by atoms with van der Waals surface area (Å²) in [4.78, 5) is 4.53. The zero-order chi connectivity index (χ0) is 17.4. The Labute approximate surface area is 168 Å². The van der Waals surface area contributed by atoms with Gasteiger partial charge < -0.3 is 10.6 Å². The molecule has 0 saturated carbocycles. The van der Waals surface area contributed by atoms with E-state index >= 15 is 0 Å². The van der Waals surface area contributed by atoms with Crippen molar-refractivity contribution in [1.82, 2.24) is 14.9 Å². The van der Waals surface area contributed by atoms with Crippen LogP contribution in [0.4, 0.5) is 0 Å². The first-order chi connectivity index (χ1) is 11.6. The number of hydrogen-bond acceptors (Lipinski definition) is 3. The molecule has 6 nitrogen and oxygen atoms in total. The molecule has 0 aromatic heterocycles. The van der Waals surface area contributed by atoms with Gasteiger partial charge in [-0.2, -0.15) is 4.31 Å². The number of guanidine groups is 1. The van der Waals surface area contributed by atoms with Crippen molar-refractivity contribution in [2.75, 3.05) is 26.7 Å². The highest BCUT2D eigenvalue weighted by atomic mass is 127. The normalized spacial score (nSPS) is 16.2. The van der Waals surface area contributed by atoms with E-state index in [1.165, 1.54) is 0 Å². The Hall–Kier alpha value is -0.870. The molecule has 1 aliphatic rings. The topological polar surface area (TPSA) is 73.8 Å². The van der Waals surface area contributed by atoms with Crippen LogP contribution in [-0.4, -0.2) is 45.4 Å². The van der Waals surface area contributed by atoms with Gasteiger partial charge in [0.1, 0.15) is 0 Å². The van der Waals surface area contributed by atoms with Gasteiger partial charge in [0.05, 0.1) is 4.90 Å². The number of rotatable bonds is 6. The lowest BCUT2D eigenvalue weighted by Gasteiger charge is -2.25. The second kappa shape index (κ2) is 11.0. The summed E-state index contributed by atoms with van der Waals surface area (Å²) in [5, 5.41) is 6.43. The van der Waals surface area contributed by atoms with Crippen molar-refractivity contribution in [2.24, 2.45) is 4.99 Å². The molecule has 25 heavy (non-hydrogen) atoms. The summed E-state index contributed by atoms with van der Waals surface area (Å²) in [6.07, 6.45) is 4.05. The largest absolute Gasteiger partial charge is 0.356 e. The fourth-order valence-electron chi connectivity index (χ4n) is 2.68. The first kappa shape index (κ1) is 22.2. The summed E-state index contributed by atoms with van der Waals surface area (Å²) in [5.74, 6) is 0.752. The molecule has 2 rings (SSSR count). The third-order valence-electron chi connectivity index (χ3n) is 4.10. The summed E-state index contributed by atoms with van der Waals surface area (Å²) in [5.41, 5.74) is 1.02. The van der Waals surface area contributed by atoms with Gasteiger partial charge >= 0.3 is 0 Å². The number of aliphatic imine (C=N–C) groups is 1. The lowest BCUT2D eigenvalue weighted by atomic mass is 10.2. The maximum absolute atomic E-state index is 12.6. The number of halogens is 1. The summed E-state index contributed by atoms with van der Waals surface area (Å²) in [6, 6.07) is 7.11. The van der Waals surface area contributed by atoms with Crippen molar-refractivity contribution in [3.63, 3.8) is 0 Å². The minimum absolute atomic E-state index is 0. The number of sulfonamides is 1. The molecule has 2 N–H and O–H groups in total. The van der Waals surface area contributed by atoms with E-state index in [0.717, 1.165) is 43.8 Å². The molecule has 1 aromatic rings. The molecule has 1 heterocycles. The average molecular weight is 480 g/mol. The van der Waals surface area contributed by atoms with Gasteiger partial charge in [-0.1, -0.05) is 25.5 Å². The number of nitrogens with zero attached hydrogens (tertiary/aromatic N) is 2. The molecule has 0 bridgehead atoms. The molecule has 0 radical (unpaired) electrons. The summed E-state index contributed by atoms with van der Waals surface area (Å²) >= 11 is 0. The fraction of sp³-hybridized carbons (Fsp3) is 0.588. The van der Waals surface area contributed by atoms with Gasteiger partial charge in [-0.15, -0.1) is 24.0 Å². The molecule has 1 fully saturated rings. The molecule has 0 atom stereocenters. The van der Waals surface area contributed by atoms with Gasteiger partial charge in [0.15, 0.2) is 5.96 Å². The Bertz CT molecular complexity index is 641. The standard InChI is InChI=1S/C17H28N4O2S.HI/c1-3-11-19-17(18-2)20-14-15-7-9-16(10-8-15)24(22,23)21-12-5-4-6-13-21;/h7-10H,3-6,11-14H2,1-2H3,(H2,18,19,20);1H. The van der Waals surface area contributed by atoms with Crippen molar-refractivity contribution in [2.45, 2.75) is 44.0 Å². The van der Waals surface area contributed by atoms with E-state index in [2.05, 4.69) is 22.5 Å². The monoisotopic (exact) mass is 480 g/mol. The Morgan fingerprint density at radius 3 is 2.32 bits per heavy atom. The molecular formula is C17H29IN4O2S. The number of hydrogen-bond donors (Lipinski definition) is 2. The SMILES string of the molecule is CCCNC(=NC)NCc1ccc(S(=O)(=O)N2CCCCC2)cc1.I. The van der Waals surface area contributed by atoms with Crippen LogP contribution in [0, 0.1) is 0 Å². The van der Waals surface area contributed by atoms with E-state index in [1.54, 1.807) is 23.5 Å². The molecule has 0 unspecified atom stereocenters. The van der Waals surface area contributed by atoms with Gasteiger partial charge in [0.25, 0.3) is 0 Å². The first-order valence-electron chi connectivity index (χ1n) is 8.61. The minimum atomic E-state index is -3.35. The highest BCUT2D eigenvalue weighted by molar-refractivity contribution is 14.0. The van der Waals surface area contributed by atoms with Crippen molar-refractivity contribution in [3.8, 4) is 0 Å². The van der Waals surface area contributed by atoms with Gasteiger partial charge in [0, 0.05) is 33.2 Å². The third kappa shape index (κ3) is 6.41. The average Bonchev–Trinajstić information content (AvgIpc) is 2.63. The van der Waals surface area contributed by atoms with E-state index < -0.39 is 10.0 Å². The molecule has 0 amide bonds. The molecule has 1 saturated heterocycles. The molecule has 1 aromatic carbocycles. The summed E-state index contributed by atoms with van der Waals surface area (Å²) < 4.78 is 26.8. The smallest absolute Gasteiger partial charge is 0.243 e. The minimum Gasteiger partial charge on any atom is -0.356 e. The van der Waals surface area contributed by atoms with Crippen molar-refractivity contribution in [3.05, 3.63) is 29.8 Å². The Morgan fingerprint density at radius 2 is 1.76 bits per heavy atom. The Kier molecular flexibility index (Phi) is 9.73. The summed E-state index contributed by atoms with van der Waals surface area (Å²) in [7, 11) is -1.61. The maximum atomic E-state index is 12.6. The van der Waals surface area contributed by atoms with E-state index in [-0.39, 0.29) is 24.0 Å². The van der Waals surface area contributed by atoms with E-state index in [0.29, 0.717) is 24.5 Å². The number of benzene rings is 1. The summed E-state index contributed by atoms with van der Waals surface area (Å²) in [6.45, 7) is 4.83. The molecule has 0 aliphatic carbocycles. The van der Waals surface area contributed by atoms with Crippen LogP contribution < -0.4 is 10.6 Å². The van der Waals surface area contributed by atoms with Crippen LogP contribution in [0.5, 0.6) is 0 Å². The molecule has 1 aliphatic heterocycles. The van der Waals surface area contributed by atoms with E-state index in [1.807, 2.05) is 12.1 Å². The molecule has 142 valence electrons. The number of nitrogens with one attached hydrogen (secondary N) is 2. The highest BCUT2D eigenvalue weighted by Gasteiger charge is 2.25. The zero-order valence-corrected chi connectivity index (χ0v) is 18.1. The second-order valence-corrected chi connectivity index (χ2v) is 7.90. The van der Waals surface area contributed by atoms with Gasteiger partial charge in [-0.05, 0) is 37.0 Å². The lowest BCUT2D eigenvalue weighted by Crippen LogP contribution is -2.37. The van der Waals surface area contributed by atoms with Crippen LogP contribution in [0.25, 0.3) is 0 Å². The molecule has 0 spiro atoms. The fourth-order valence-corrected chi connectivity index (χ4v) is 4.20. The maximum Gasteiger partial charge on any atom is 0.243 e. The van der Waals surface area contributed by atoms with Crippen LogP contribution in [-0.2, 0) is 16.6 Å². The Balaban J connectivity index is 0.00000312. The van der Waals surface area contributed by atoms with Gasteiger partial charge in [-0.25, -0.2) is 8.42 Å². The van der Waals surface area contributed by atoms with E-state index in [9.17, 15) is 8.42 Å². The lowest BCUT2D eigenvalue weighted by molar-refractivity contribution is 0.346. The van der Waals surface area contributed by atoms with Gasteiger partial charge in [-0.3, -0.25) is 4.99 Å². The predicted molar refractivity (Wildman–Crippen MR) is 113 cm³/mol. The zero-order valence-electron chi connectivity index (χ0n) is 15.0. The predicted octanol–water partition coefficient (Wildman–Crippen LogP) is 2.55. The van der Waals surface area contributed by atoms with E-state index in [4.69, 9.17) is 0 Å². The third-order valence-corrected chi connectivity index (χ3v) is 6.02. The van der Waals surface area contributed by atoms with Crippen LogP contribution in [0.1, 0.15) is 38.2 Å². The van der Waals surface area contributed by atoms with Crippen molar-refractivity contribution < 1.29 is 8.42 Å². The highest BCUT2D eigenvalue weighted by Crippen LogP contribution is 2.20. The second-order valence-electron chi connectivity index (χ2n) is 5.96. The van der Waals surface area contributed by atoms with Crippen LogP contribution >= 0.6 is 24.0 Å². The van der Waals surface area contributed by atoms with Crippen LogP contribution in [0.3, 0.4) is 0 Å². The molecular weight excluding hydrogens is 451 g/mol.